The van der Waals surface area contributed by atoms with Gasteiger partial charge in [-0.1, -0.05) is 0 Å². The SMILES string of the molecule is CCOC(=O)/C(F)=C1\CCCC=C1OCC. The maximum absolute atomic E-state index is 13.7. The third-order valence-corrected chi connectivity index (χ3v) is 2.28. The maximum atomic E-state index is 13.7. The van der Waals surface area contributed by atoms with Crippen molar-refractivity contribution < 1.29 is 18.7 Å². The summed E-state index contributed by atoms with van der Waals surface area (Å²) in [7, 11) is 0. The van der Waals surface area contributed by atoms with Crippen molar-refractivity contribution in [3.05, 3.63) is 23.2 Å². The quantitative estimate of drug-likeness (QED) is 0.548. The van der Waals surface area contributed by atoms with Crippen molar-refractivity contribution in [3.63, 3.8) is 0 Å². The van der Waals surface area contributed by atoms with E-state index in [0.717, 1.165) is 12.8 Å². The lowest BCUT2D eigenvalue weighted by atomic mass is 9.99. The second-order valence-corrected chi connectivity index (χ2v) is 3.41. The molecule has 0 amide bonds. The molecule has 4 heteroatoms. The second kappa shape index (κ2) is 6.30. The van der Waals surface area contributed by atoms with Crippen LogP contribution in [-0.2, 0) is 14.3 Å². The van der Waals surface area contributed by atoms with E-state index >= 15 is 0 Å². The number of hydrogen-bond donors (Lipinski definition) is 0. The van der Waals surface area contributed by atoms with Crippen molar-refractivity contribution in [2.24, 2.45) is 0 Å². The Bertz CT molecular complexity index is 318. The predicted octanol–water partition coefficient (Wildman–Crippen LogP) is 2.88. The van der Waals surface area contributed by atoms with Crippen molar-refractivity contribution in [1.29, 1.82) is 0 Å². The van der Waals surface area contributed by atoms with Gasteiger partial charge in [0.25, 0.3) is 0 Å². The highest BCUT2D eigenvalue weighted by atomic mass is 19.1. The fourth-order valence-corrected chi connectivity index (χ4v) is 1.60. The molecule has 1 aliphatic carbocycles. The Morgan fingerprint density at radius 1 is 1.44 bits per heavy atom. The fourth-order valence-electron chi connectivity index (χ4n) is 1.60. The number of allylic oxidation sites excluding steroid dienone is 2. The Morgan fingerprint density at radius 3 is 2.81 bits per heavy atom. The summed E-state index contributed by atoms with van der Waals surface area (Å²) in [6.45, 7) is 4.12. The maximum Gasteiger partial charge on any atom is 0.367 e. The van der Waals surface area contributed by atoms with Crippen LogP contribution in [0.2, 0.25) is 0 Å². The normalized spacial score (nSPS) is 18.8. The minimum absolute atomic E-state index is 0.174. The number of rotatable bonds is 4. The summed E-state index contributed by atoms with van der Waals surface area (Å²) >= 11 is 0. The zero-order valence-electron chi connectivity index (χ0n) is 9.72. The highest BCUT2D eigenvalue weighted by Gasteiger charge is 2.22. The van der Waals surface area contributed by atoms with Gasteiger partial charge in [0.2, 0.25) is 5.83 Å². The first kappa shape index (κ1) is 12.7. The molecule has 0 saturated heterocycles. The highest BCUT2D eigenvalue weighted by Crippen LogP contribution is 2.28. The molecule has 0 aromatic rings. The molecular weight excluding hydrogens is 211 g/mol. The van der Waals surface area contributed by atoms with E-state index in [0.29, 0.717) is 24.4 Å². The second-order valence-electron chi connectivity index (χ2n) is 3.41. The third-order valence-electron chi connectivity index (χ3n) is 2.28. The summed E-state index contributed by atoms with van der Waals surface area (Å²) < 4.78 is 23.7. The van der Waals surface area contributed by atoms with E-state index in [1.165, 1.54) is 0 Å². The topological polar surface area (TPSA) is 35.5 Å². The first-order valence-electron chi connectivity index (χ1n) is 5.59. The van der Waals surface area contributed by atoms with Gasteiger partial charge >= 0.3 is 5.97 Å². The molecule has 1 rings (SSSR count). The molecule has 3 nitrogen and oxygen atoms in total. The smallest absolute Gasteiger partial charge is 0.367 e. The molecular formula is C12H17FO3. The summed E-state index contributed by atoms with van der Waals surface area (Å²) in [6, 6.07) is 0. The van der Waals surface area contributed by atoms with Crippen LogP contribution in [0, 0.1) is 0 Å². The van der Waals surface area contributed by atoms with Crippen LogP contribution in [0.3, 0.4) is 0 Å². The molecule has 0 bridgehead atoms. The van der Waals surface area contributed by atoms with Crippen LogP contribution >= 0.6 is 0 Å². The standard InChI is InChI=1S/C12H17FO3/c1-3-15-10-8-6-5-7-9(10)11(13)12(14)16-4-2/h8H,3-7H2,1-2H3/b11-9-. The average molecular weight is 228 g/mol. The summed E-state index contributed by atoms with van der Waals surface area (Å²) in [5.41, 5.74) is 0.339. The Kier molecular flexibility index (Phi) is 5.02. The van der Waals surface area contributed by atoms with Gasteiger partial charge in [-0.2, -0.15) is 4.39 Å². The van der Waals surface area contributed by atoms with E-state index in [-0.39, 0.29) is 6.61 Å². The number of halogens is 1. The Labute approximate surface area is 94.9 Å². The van der Waals surface area contributed by atoms with Crippen molar-refractivity contribution in [1.82, 2.24) is 0 Å². The molecule has 0 atom stereocenters. The van der Waals surface area contributed by atoms with Crippen molar-refractivity contribution in [3.8, 4) is 0 Å². The van der Waals surface area contributed by atoms with E-state index in [9.17, 15) is 9.18 Å². The van der Waals surface area contributed by atoms with Gasteiger partial charge in [0.05, 0.1) is 13.2 Å². The van der Waals surface area contributed by atoms with Crippen LogP contribution < -0.4 is 0 Å². The lowest BCUT2D eigenvalue weighted by molar-refractivity contribution is -0.140. The monoisotopic (exact) mass is 228 g/mol. The van der Waals surface area contributed by atoms with Crippen LogP contribution in [0.5, 0.6) is 0 Å². The zero-order chi connectivity index (χ0) is 12.0. The van der Waals surface area contributed by atoms with E-state index in [2.05, 4.69) is 4.74 Å². The lowest BCUT2D eigenvalue weighted by Gasteiger charge is -2.17. The van der Waals surface area contributed by atoms with Crippen LogP contribution in [0.15, 0.2) is 23.2 Å². The molecule has 0 aliphatic heterocycles. The van der Waals surface area contributed by atoms with Crippen LogP contribution in [-0.4, -0.2) is 19.2 Å². The lowest BCUT2D eigenvalue weighted by Crippen LogP contribution is -2.11. The minimum Gasteiger partial charge on any atom is -0.494 e. The van der Waals surface area contributed by atoms with Crippen LogP contribution in [0.25, 0.3) is 0 Å². The number of esters is 1. The first-order valence-corrected chi connectivity index (χ1v) is 5.59. The molecule has 0 heterocycles. The van der Waals surface area contributed by atoms with Gasteiger partial charge in [0.15, 0.2) is 0 Å². The van der Waals surface area contributed by atoms with E-state index < -0.39 is 11.8 Å². The Morgan fingerprint density at radius 2 is 2.19 bits per heavy atom. The Balaban J connectivity index is 2.89. The van der Waals surface area contributed by atoms with E-state index in [1.807, 2.05) is 13.0 Å². The molecule has 0 unspecified atom stereocenters. The zero-order valence-corrected chi connectivity index (χ0v) is 9.72. The first-order chi connectivity index (χ1) is 7.70. The van der Waals surface area contributed by atoms with Gasteiger partial charge in [0, 0.05) is 5.57 Å². The Hall–Kier alpha value is -1.32. The highest BCUT2D eigenvalue weighted by molar-refractivity contribution is 5.87. The van der Waals surface area contributed by atoms with Crippen LogP contribution in [0.4, 0.5) is 4.39 Å². The molecule has 0 aromatic carbocycles. The van der Waals surface area contributed by atoms with Crippen molar-refractivity contribution in [2.45, 2.75) is 33.1 Å². The number of carbonyl (C=O) groups is 1. The summed E-state index contributed by atoms with van der Waals surface area (Å²) in [5.74, 6) is -1.23. The van der Waals surface area contributed by atoms with Gasteiger partial charge in [-0.15, -0.1) is 0 Å². The molecule has 90 valence electrons. The predicted molar refractivity (Wildman–Crippen MR) is 58.3 cm³/mol. The van der Waals surface area contributed by atoms with E-state index in [4.69, 9.17) is 4.74 Å². The number of hydrogen-bond acceptors (Lipinski definition) is 3. The molecule has 0 saturated carbocycles. The van der Waals surface area contributed by atoms with E-state index in [1.54, 1.807) is 6.92 Å². The molecule has 0 aromatic heterocycles. The van der Waals surface area contributed by atoms with Crippen LogP contribution in [0.1, 0.15) is 33.1 Å². The number of ether oxygens (including phenoxy) is 2. The fraction of sp³-hybridized carbons (Fsp3) is 0.583. The molecule has 16 heavy (non-hydrogen) atoms. The van der Waals surface area contributed by atoms with Gasteiger partial charge < -0.3 is 9.47 Å². The molecule has 0 radical (unpaired) electrons. The molecule has 1 aliphatic rings. The van der Waals surface area contributed by atoms with Gasteiger partial charge in [0.1, 0.15) is 5.76 Å². The van der Waals surface area contributed by atoms with Gasteiger partial charge in [-0.25, -0.2) is 4.79 Å². The molecule has 0 spiro atoms. The number of carbonyl (C=O) groups excluding carboxylic acids is 1. The van der Waals surface area contributed by atoms with Gasteiger partial charge in [-0.05, 0) is 39.2 Å². The largest absolute Gasteiger partial charge is 0.494 e. The third kappa shape index (κ3) is 3.08. The van der Waals surface area contributed by atoms with Gasteiger partial charge in [-0.3, -0.25) is 0 Å². The summed E-state index contributed by atoms with van der Waals surface area (Å²) in [4.78, 5) is 11.3. The molecule has 0 N–H and O–H groups in total. The van der Waals surface area contributed by atoms with Crippen molar-refractivity contribution >= 4 is 5.97 Å². The summed E-state index contributed by atoms with van der Waals surface area (Å²) in [6.07, 6.45) is 4.03. The molecule has 0 fully saturated rings. The minimum atomic E-state index is -0.898. The summed E-state index contributed by atoms with van der Waals surface area (Å²) in [5, 5.41) is 0. The van der Waals surface area contributed by atoms with Crippen molar-refractivity contribution in [2.75, 3.05) is 13.2 Å². The average Bonchev–Trinajstić information content (AvgIpc) is 2.29.